The first kappa shape index (κ1) is 16.0. The summed E-state index contributed by atoms with van der Waals surface area (Å²) in [6.45, 7) is 3.35. The molecule has 5 heteroatoms. The van der Waals surface area contributed by atoms with Crippen molar-refractivity contribution in [2.75, 3.05) is 0 Å². The fourth-order valence-electron chi connectivity index (χ4n) is 2.63. The highest BCUT2D eigenvalue weighted by atomic mass is 79.9. The average molecular weight is 354 g/mol. The Kier molecular flexibility index (Phi) is 4.71. The van der Waals surface area contributed by atoms with Crippen molar-refractivity contribution in [2.45, 2.75) is 44.6 Å². The molecule has 1 saturated carbocycles. The Balaban J connectivity index is 2.15. The molecule has 2 N–H and O–H groups in total. The quantitative estimate of drug-likeness (QED) is 0.854. The predicted octanol–water partition coefficient (Wildman–Crippen LogP) is 3.10. The maximum atomic E-state index is 12.7. The van der Waals surface area contributed by atoms with E-state index in [9.17, 15) is 9.59 Å². The number of carbonyl (C=O) groups excluding carboxylic acids is 1. The number of aliphatic carboxylic acids is 1. The molecule has 0 aliphatic heterocycles. The van der Waals surface area contributed by atoms with Crippen molar-refractivity contribution in [2.24, 2.45) is 5.92 Å². The second kappa shape index (κ2) is 6.18. The smallest absolute Gasteiger partial charge is 0.308 e. The molecule has 4 nitrogen and oxygen atoms in total. The number of rotatable bonds is 5. The van der Waals surface area contributed by atoms with E-state index in [4.69, 9.17) is 5.11 Å². The molecule has 0 bridgehead atoms. The Morgan fingerprint density at radius 3 is 2.24 bits per heavy atom. The molecule has 1 aliphatic carbocycles. The summed E-state index contributed by atoms with van der Waals surface area (Å²) in [6.07, 6.45) is 2.65. The van der Waals surface area contributed by atoms with Gasteiger partial charge in [0.25, 0.3) is 0 Å². The Labute approximate surface area is 133 Å². The first-order valence-corrected chi connectivity index (χ1v) is 7.96. The maximum Gasteiger partial charge on any atom is 0.308 e. The van der Waals surface area contributed by atoms with Gasteiger partial charge in [-0.1, -0.05) is 34.5 Å². The molecule has 1 fully saturated rings. The fourth-order valence-corrected chi connectivity index (χ4v) is 2.89. The van der Waals surface area contributed by atoms with Crippen LogP contribution >= 0.6 is 15.9 Å². The lowest BCUT2D eigenvalue weighted by atomic mass is 9.63. The van der Waals surface area contributed by atoms with Crippen LogP contribution in [0.4, 0.5) is 0 Å². The Bertz CT molecular complexity index is 537. The predicted molar refractivity (Wildman–Crippen MR) is 84.1 cm³/mol. The van der Waals surface area contributed by atoms with Gasteiger partial charge in [0.15, 0.2) is 0 Å². The Morgan fingerprint density at radius 2 is 1.81 bits per heavy atom. The Morgan fingerprint density at radius 1 is 1.24 bits per heavy atom. The average Bonchev–Trinajstić information content (AvgIpc) is 2.38. The van der Waals surface area contributed by atoms with E-state index in [0.717, 1.165) is 29.3 Å². The molecule has 1 aromatic rings. The van der Waals surface area contributed by atoms with Crippen LogP contribution in [0.2, 0.25) is 0 Å². The first-order valence-electron chi connectivity index (χ1n) is 7.16. The number of hydrogen-bond acceptors (Lipinski definition) is 2. The van der Waals surface area contributed by atoms with Gasteiger partial charge in [0.05, 0.1) is 11.3 Å². The monoisotopic (exact) mass is 353 g/mol. The van der Waals surface area contributed by atoms with Gasteiger partial charge in [0, 0.05) is 10.5 Å². The van der Waals surface area contributed by atoms with Gasteiger partial charge in [-0.05, 0) is 44.4 Å². The number of benzene rings is 1. The maximum absolute atomic E-state index is 12.7. The molecule has 0 aromatic heterocycles. The van der Waals surface area contributed by atoms with Crippen LogP contribution in [0, 0.1) is 5.92 Å². The van der Waals surface area contributed by atoms with Gasteiger partial charge in [-0.2, -0.15) is 0 Å². The number of carboxylic acids is 1. The fraction of sp³-hybridized carbons (Fsp3) is 0.500. The SMILES string of the molecule is CC(NC(=O)C1(c2ccc(Br)cc2)CCC1)C(C)C(=O)O. The molecule has 1 aliphatic rings. The molecule has 2 unspecified atom stereocenters. The van der Waals surface area contributed by atoms with E-state index in [0.29, 0.717) is 0 Å². The van der Waals surface area contributed by atoms with Crippen molar-refractivity contribution in [3.05, 3.63) is 34.3 Å². The van der Waals surface area contributed by atoms with E-state index in [1.54, 1.807) is 13.8 Å². The van der Waals surface area contributed by atoms with E-state index in [1.807, 2.05) is 24.3 Å². The highest BCUT2D eigenvalue weighted by Gasteiger charge is 2.46. The van der Waals surface area contributed by atoms with Crippen molar-refractivity contribution in [1.82, 2.24) is 5.32 Å². The van der Waals surface area contributed by atoms with Crippen molar-refractivity contribution in [1.29, 1.82) is 0 Å². The molecule has 21 heavy (non-hydrogen) atoms. The van der Waals surface area contributed by atoms with E-state index >= 15 is 0 Å². The van der Waals surface area contributed by atoms with Gasteiger partial charge in [0.2, 0.25) is 5.91 Å². The molecule has 1 aromatic carbocycles. The second-order valence-electron chi connectivity index (χ2n) is 5.83. The second-order valence-corrected chi connectivity index (χ2v) is 6.75. The molecule has 0 spiro atoms. The normalized spacial score (nSPS) is 19.2. The van der Waals surface area contributed by atoms with Crippen molar-refractivity contribution in [3.63, 3.8) is 0 Å². The molecule has 1 amide bonds. The standard InChI is InChI=1S/C16H20BrNO3/c1-10(14(19)20)11(2)18-15(21)16(8-3-9-16)12-4-6-13(17)7-5-12/h4-7,10-11H,3,8-9H2,1-2H3,(H,18,21)(H,19,20). The summed E-state index contributed by atoms with van der Waals surface area (Å²) < 4.78 is 0.981. The van der Waals surface area contributed by atoms with Crippen molar-refractivity contribution in [3.8, 4) is 0 Å². The molecular weight excluding hydrogens is 334 g/mol. The number of hydrogen-bond donors (Lipinski definition) is 2. The van der Waals surface area contributed by atoms with Crippen LogP contribution in [0.1, 0.15) is 38.7 Å². The van der Waals surface area contributed by atoms with Crippen molar-refractivity contribution >= 4 is 27.8 Å². The van der Waals surface area contributed by atoms with Gasteiger partial charge in [0.1, 0.15) is 0 Å². The van der Waals surface area contributed by atoms with Crippen LogP contribution in [0.15, 0.2) is 28.7 Å². The van der Waals surface area contributed by atoms with Crippen LogP contribution in [-0.2, 0) is 15.0 Å². The molecule has 2 atom stereocenters. The zero-order valence-electron chi connectivity index (χ0n) is 12.2. The lowest BCUT2D eigenvalue weighted by molar-refractivity contribution is -0.142. The summed E-state index contributed by atoms with van der Waals surface area (Å²) >= 11 is 3.40. The summed E-state index contributed by atoms with van der Waals surface area (Å²) in [5.74, 6) is -1.55. The summed E-state index contributed by atoms with van der Waals surface area (Å²) in [4.78, 5) is 23.7. The third-order valence-electron chi connectivity index (χ3n) is 4.54. The van der Waals surface area contributed by atoms with Gasteiger partial charge in [-0.25, -0.2) is 0 Å². The molecule has 2 rings (SSSR count). The highest BCUT2D eigenvalue weighted by Crippen LogP contribution is 2.44. The zero-order valence-corrected chi connectivity index (χ0v) is 13.8. The summed E-state index contributed by atoms with van der Waals surface area (Å²) in [5.41, 5.74) is 0.511. The third-order valence-corrected chi connectivity index (χ3v) is 5.07. The van der Waals surface area contributed by atoms with Crippen LogP contribution in [0.25, 0.3) is 0 Å². The number of carbonyl (C=O) groups is 2. The zero-order chi connectivity index (χ0) is 15.6. The Hall–Kier alpha value is -1.36. The van der Waals surface area contributed by atoms with E-state index in [1.165, 1.54) is 0 Å². The van der Waals surface area contributed by atoms with Crippen LogP contribution < -0.4 is 5.32 Å². The molecule has 114 valence electrons. The molecular formula is C16H20BrNO3. The minimum atomic E-state index is -0.894. The number of halogens is 1. The van der Waals surface area contributed by atoms with Gasteiger partial charge < -0.3 is 10.4 Å². The minimum absolute atomic E-state index is 0.0586. The van der Waals surface area contributed by atoms with Crippen molar-refractivity contribution < 1.29 is 14.7 Å². The largest absolute Gasteiger partial charge is 0.481 e. The highest BCUT2D eigenvalue weighted by molar-refractivity contribution is 9.10. The topological polar surface area (TPSA) is 66.4 Å². The van der Waals surface area contributed by atoms with Crippen LogP contribution in [-0.4, -0.2) is 23.0 Å². The third kappa shape index (κ3) is 3.12. The first-order chi connectivity index (χ1) is 9.86. The lowest BCUT2D eigenvalue weighted by Gasteiger charge is -2.41. The number of nitrogens with one attached hydrogen (secondary N) is 1. The summed E-state index contributed by atoms with van der Waals surface area (Å²) in [5, 5.41) is 11.9. The van der Waals surface area contributed by atoms with E-state index < -0.39 is 17.3 Å². The van der Waals surface area contributed by atoms with Gasteiger partial charge in [-0.3, -0.25) is 9.59 Å². The van der Waals surface area contributed by atoms with Crippen LogP contribution in [0.3, 0.4) is 0 Å². The molecule has 0 saturated heterocycles. The lowest BCUT2D eigenvalue weighted by Crippen LogP contribution is -2.53. The molecule has 0 radical (unpaired) electrons. The number of amides is 1. The minimum Gasteiger partial charge on any atom is -0.481 e. The summed E-state index contributed by atoms with van der Waals surface area (Å²) in [6, 6.07) is 7.42. The van der Waals surface area contributed by atoms with E-state index in [-0.39, 0.29) is 11.9 Å². The van der Waals surface area contributed by atoms with Gasteiger partial charge >= 0.3 is 5.97 Å². The van der Waals surface area contributed by atoms with Crippen LogP contribution in [0.5, 0.6) is 0 Å². The summed E-state index contributed by atoms with van der Waals surface area (Å²) in [7, 11) is 0. The molecule has 0 heterocycles. The van der Waals surface area contributed by atoms with Gasteiger partial charge in [-0.15, -0.1) is 0 Å². The number of carboxylic acid groups (broad SMARTS) is 1. The van der Waals surface area contributed by atoms with E-state index in [2.05, 4.69) is 21.2 Å².